The largest absolute Gasteiger partial charge is 0.480 e. The predicted octanol–water partition coefficient (Wildman–Crippen LogP) is 1.35. The first-order valence-corrected chi connectivity index (χ1v) is 4.02. The highest BCUT2D eigenvalue weighted by atomic mass is 19.4. The van der Waals surface area contributed by atoms with Crippen molar-refractivity contribution in [3.8, 4) is 0 Å². The molecule has 2 aliphatic rings. The topological polar surface area (TPSA) is 46.5 Å². The van der Waals surface area contributed by atoms with Crippen LogP contribution in [0, 0.1) is 5.41 Å². The van der Waals surface area contributed by atoms with Crippen molar-refractivity contribution < 1.29 is 27.8 Å². The van der Waals surface area contributed by atoms with Crippen LogP contribution in [0.1, 0.15) is 6.42 Å². The molecule has 0 aliphatic carbocycles. The van der Waals surface area contributed by atoms with Crippen LogP contribution >= 0.6 is 0 Å². The number of alkyl halides is 3. The summed E-state index contributed by atoms with van der Waals surface area (Å²) in [5.41, 5.74) is -2.74. The molecule has 2 heterocycles. The normalized spacial score (nSPS) is 40.5. The average Bonchev–Trinajstić information content (AvgIpc) is 2.59. The van der Waals surface area contributed by atoms with Crippen molar-refractivity contribution in [3.05, 3.63) is 12.2 Å². The molecule has 3 atom stereocenters. The van der Waals surface area contributed by atoms with Crippen LogP contribution in [0.25, 0.3) is 0 Å². The number of carbonyl (C=O) groups is 1. The molecule has 3 nitrogen and oxygen atoms in total. The minimum Gasteiger partial charge on any atom is -0.480 e. The van der Waals surface area contributed by atoms with Crippen LogP contribution in [-0.2, 0) is 9.53 Å². The maximum absolute atomic E-state index is 12.6. The molecule has 0 saturated carbocycles. The lowest BCUT2D eigenvalue weighted by Crippen LogP contribution is -2.50. The zero-order chi connectivity index (χ0) is 10.6. The van der Waals surface area contributed by atoms with E-state index in [0.717, 1.165) is 0 Å². The summed E-state index contributed by atoms with van der Waals surface area (Å²) in [6.07, 6.45) is -4.73. The van der Waals surface area contributed by atoms with Crippen LogP contribution in [0.15, 0.2) is 12.2 Å². The third-order valence-electron chi connectivity index (χ3n) is 2.72. The van der Waals surface area contributed by atoms with Gasteiger partial charge in [0.1, 0.15) is 6.10 Å². The van der Waals surface area contributed by atoms with Crippen LogP contribution in [0.5, 0.6) is 0 Å². The lowest BCUT2D eigenvalue weighted by atomic mass is 9.76. The van der Waals surface area contributed by atoms with Crippen molar-refractivity contribution in [2.45, 2.75) is 24.8 Å². The van der Waals surface area contributed by atoms with E-state index in [9.17, 15) is 18.0 Å². The molecule has 2 rings (SSSR count). The Labute approximate surface area is 77.2 Å². The zero-order valence-electron chi connectivity index (χ0n) is 6.91. The van der Waals surface area contributed by atoms with Gasteiger partial charge in [0.2, 0.25) is 0 Å². The summed E-state index contributed by atoms with van der Waals surface area (Å²) < 4.78 is 42.8. The van der Waals surface area contributed by atoms with Crippen LogP contribution in [0.3, 0.4) is 0 Å². The van der Waals surface area contributed by atoms with Gasteiger partial charge in [0.05, 0.1) is 6.10 Å². The van der Waals surface area contributed by atoms with Crippen molar-refractivity contribution in [2.24, 2.45) is 5.41 Å². The first kappa shape index (κ1) is 9.51. The highest BCUT2D eigenvalue weighted by molar-refractivity contribution is 5.78. The molecule has 2 aliphatic heterocycles. The smallest absolute Gasteiger partial charge is 0.407 e. The van der Waals surface area contributed by atoms with E-state index in [-0.39, 0.29) is 0 Å². The summed E-state index contributed by atoms with van der Waals surface area (Å²) in [6.45, 7) is 0. The summed E-state index contributed by atoms with van der Waals surface area (Å²) in [6, 6.07) is 0. The summed E-state index contributed by atoms with van der Waals surface area (Å²) in [4.78, 5) is 10.7. The van der Waals surface area contributed by atoms with Crippen molar-refractivity contribution >= 4 is 5.97 Å². The highest BCUT2D eigenvalue weighted by Gasteiger charge is 2.70. The molecule has 1 fully saturated rings. The summed E-state index contributed by atoms with van der Waals surface area (Å²) in [5, 5.41) is 8.69. The first-order valence-electron chi connectivity index (χ1n) is 4.02. The van der Waals surface area contributed by atoms with E-state index in [2.05, 4.69) is 0 Å². The maximum atomic E-state index is 12.6. The Kier molecular flexibility index (Phi) is 1.70. The number of halogens is 3. The van der Waals surface area contributed by atoms with E-state index >= 15 is 0 Å². The molecule has 14 heavy (non-hydrogen) atoms. The van der Waals surface area contributed by atoms with Gasteiger partial charge < -0.3 is 9.84 Å². The van der Waals surface area contributed by atoms with E-state index < -0.39 is 36.2 Å². The van der Waals surface area contributed by atoms with Crippen molar-refractivity contribution in [1.29, 1.82) is 0 Å². The fraction of sp³-hybridized carbons (Fsp3) is 0.625. The predicted molar refractivity (Wildman–Crippen MR) is 38.5 cm³/mol. The molecule has 0 aromatic carbocycles. The molecule has 3 unspecified atom stereocenters. The second-order valence-electron chi connectivity index (χ2n) is 3.46. The van der Waals surface area contributed by atoms with Crippen LogP contribution in [0.4, 0.5) is 13.2 Å². The fourth-order valence-corrected chi connectivity index (χ4v) is 1.94. The second-order valence-corrected chi connectivity index (χ2v) is 3.46. The van der Waals surface area contributed by atoms with E-state index in [4.69, 9.17) is 9.84 Å². The molecule has 0 spiro atoms. The molecule has 0 aromatic rings. The van der Waals surface area contributed by atoms with Gasteiger partial charge in [-0.1, -0.05) is 12.2 Å². The molecule has 6 heteroatoms. The summed E-state index contributed by atoms with van der Waals surface area (Å²) in [5.74, 6) is -1.86. The van der Waals surface area contributed by atoms with Crippen molar-refractivity contribution in [2.75, 3.05) is 0 Å². The van der Waals surface area contributed by atoms with Gasteiger partial charge in [0.15, 0.2) is 5.41 Å². The number of aliphatic carboxylic acids is 1. The summed E-state index contributed by atoms with van der Waals surface area (Å²) >= 11 is 0. The van der Waals surface area contributed by atoms with Gasteiger partial charge in [-0.2, -0.15) is 13.2 Å². The number of rotatable bonds is 1. The Hall–Kier alpha value is -1.04. The van der Waals surface area contributed by atoms with E-state index in [1.165, 1.54) is 12.2 Å². The number of hydrogen-bond donors (Lipinski definition) is 1. The minimum atomic E-state index is -4.77. The van der Waals surface area contributed by atoms with Gasteiger partial charge in [-0.15, -0.1) is 0 Å². The van der Waals surface area contributed by atoms with Crippen LogP contribution in [-0.4, -0.2) is 29.5 Å². The number of carboxylic acid groups (broad SMARTS) is 1. The molecule has 0 aromatic heterocycles. The molecular weight excluding hydrogens is 201 g/mol. The molecule has 0 amide bonds. The Bertz CT molecular complexity index is 309. The molecule has 78 valence electrons. The van der Waals surface area contributed by atoms with E-state index in [1.807, 2.05) is 0 Å². The number of fused-ring (bicyclic) bond motifs is 2. The van der Waals surface area contributed by atoms with Crippen LogP contribution < -0.4 is 0 Å². The molecular formula is C8H7F3O3. The first-order chi connectivity index (χ1) is 6.38. The second kappa shape index (κ2) is 2.50. The van der Waals surface area contributed by atoms with Crippen molar-refractivity contribution in [3.63, 3.8) is 0 Å². The summed E-state index contributed by atoms with van der Waals surface area (Å²) in [7, 11) is 0. The Morgan fingerprint density at radius 1 is 1.50 bits per heavy atom. The standard InChI is InChI=1S/C8H7F3O3/c9-8(10,11)7(6(12)13)3-4-1-2-5(7)14-4/h1-2,4-5H,3H2,(H,12,13). The minimum absolute atomic E-state index is 0.521. The zero-order valence-corrected chi connectivity index (χ0v) is 6.91. The molecule has 2 bridgehead atoms. The average molecular weight is 208 g/mol. The molecule has 1 saturated heterocycles. The van der Waals surface area contributed by atoms with Gasteiger partial charge in [-0.05, 0) is 0 Å². The fourth-order valence-electron chi connectivity index (χ4n) is 1.94. The number of carboxylic acids is 1. The quantitative estimate of drug-likeness (QED) is 0.661. The highest BCUT2D eigenvalue weighted by Crippen LogP contribution is 2.53. The van der Waals surface area contributed by atoms with E-state index in [1.54, 1.807) is 0 Å². The van der Waals surface area contributed by atoms with Crippen molar-refractivity contribution in [1.82, 2.24) is 0 Å². The van der Waals surface area contributed by atoms with Gasteiger partial charge in [-0.25, -0.2) is 0 Å². The third-order valence-corrected chi connectivity index (χ3v) is 2.72. The molecule has 0 radical (unpaired) electrons. The van der Waals surface area contributed by atoms with E-state index in [0.29, 0.717) is 0 Å². The lowest BCUT2D eigenvalue weighted by molar-refractivity contribution is -0.237. The Morgan fingerprint density at radius 3 is 2.36 bits per heavy atom. The lowest BCUT2D eigenvalue weighted by Gasteiger charge is -2.30. The van der Waals surface area contributed by atoms with Gasteiger partial charge in [-0.3, -0.25) is 4.79 Å². The van der Waals surface area contributed by atoms with Crippen LogP contribution in [0.2, 0.25) is 0 Å². The van der Waals surface area contributed by atoms with Gasteiger partial charge in [0, 0.05) is 6.42 Å². The third kappa shape index (κ3) is 0.943. The molecule has 1 N–H and O–H groups in total. The monoisotopic (exact) mass is 208 g/mol. The Morgan fingerprint density at radius 2 is 2.14 bits per heavy atom. The maximum Gasteiger partial charge on any atom is 0.407 e. The van der Waals surface area contributed by atoms with Gasteiger partial charge in [0.25, 0.3) is 0 Å². The number of hydrogen-bond acceptors (Lipinski definition) is 2. The SMILES string of the molecule is O=C(O)C1(C(F)(F)F)CC2C=CC1O2. The Balaban J connectivity index is 2.44. The van der Waals surface area contributed by atoms with Gasteiger partial charge >= 0.3 is 12.1 Å². The number of ether oxygens (including phenoxy) is 1.